The van der Waals surface area contributed by atoms with Gasteiger partial charge in [-0.2, -0.15) is 0 Å². The molecule has 0 fully saturated rings. The van der Waals surface area contributed by atoms with Gasteiger partial charge in [-0.25, -0.2) is 9.37 Å². The Morgan fingerprint density at radius 2 is 2.25 bits per heavy atom. The Bertz CT molecular complexity index is 626. The van der Waals surface area contributed by atoms with Gasteiger partial charge >= 0.3 is 0 Å². The number of likely N-dealkylation sites (N-methyl/N-ethyl adjacent to an activating group) is 1. The van der Waals surface area contributed by atoms with Crippen molar-refractivity contribution in [1.82, 2.24) is 14.5 Å². The van der Waals surface area contributed by atoms with Gasteiger partial charge in [-0.05, 0) is 25.1 Å². The summed E-state index contributed by atoms with van der Waals surface area (Å²) in [6, 6.07) is 4.39. The number of hydrogen-bond acceptors (Lipinski definition) is 2. The molecule has 108 valence electrons. The van der Waals surface area contributed by atoms with Crippen molar-refractivity contribution < 1.29 is 9.18 Å². The first-order valence-corrected chi connectivity index (χ1v) is 7.04. The number of amides is 1. The van der Waals surface area contributed by atoms with Gasteiger partial charge in [0.05, 0.1) is 11.0 Å². The fourth-order valence-corrected chi connectivity index (χ4v) is 2.20. The van der Waals surface area contributed by atoms with E-state index in [1.54, 1.807) is 22.6 Å². The molecule has 0 saturated heterocycles. The molecule has 0 unspecified atom stereocenters. The molecule has 4 nitrogen and oxygen atoms in total. The number of hydrogen-bond donors (Lipinski definition) is 0. The highest BCUT2D eigenvalue weighted by Crippen LogP contribution is 2.18. The number of carbonyl (C=O) groups excluding carboxylic acids is 1. The Balaban J connectivity index is 2.44. The summed E-state index contributed by atoms with van der Waals surface area (Å²) in [6.45, 7) is 2.68. The van der Waals surface area contributed by atoms with Crippen molar-refractivity contribution in [3.05, 3.63) is 29.8 Å². The second kappa shape index (κ2) is 6.22. The minimum Gasteiger partial charge on any atom is -0.344 e. The minimum atomic E-state index is -0.340. The van der Waals surface area contributed by atoms with Crippen LogP contribution in [0.15, 0.2) is 18.2 Å². The van der Waals surface area contributed by atoms with Crippen molar-refractivity contribution >= 4 is 28.5 Å². The van der Waals surface area contributed by atoms with E-state index in [-0.39, 0.29) is 18.3 Å². The SMILES string of the molecule is CCN(C)C(=O)Cn1c(CCCl)nc2ccc(F)cc21. The van der Waals surface area contributed by atoms with E-state index in [2.05, 4.69) is 4.98 Å². The maximum absolute atomic E-state index is 13.4. The first-order chi connectivity index (χ1) is 9.56. The number of aryl methyl sites for hydroxylation is 1. The normalized spacial score (nSPS) is 11.0. The third kappa shape index (κ3) is 2.93. The van der Waals surface area contributed by atoms with Crippen LogP contribution in [0, 0.1) is 5.82 Å². The molecule has 1 aromatic carbocycles. The predicted molar refractivity (Wildman–Crippen MR) is 77.4 cm³/mol. The van der Waals surface area contributed by atoms with E-state index >= 15 is 0 Å². The van der Waals surface area contributed by atoms with E-state index in [9.17, 15) is 9.18 Å². The molecule has 0 aliphatic heterocycles. The molecule has 6 heteroatoms. The summed E-state index contributed by atoms with van der Waals surface area (Å²) in [5, 5.41) is 0. The van der Waals surface area contributed by atoms with Gasteiger partial charge < -0.3 is 9.47 Å². The van der Waals surface area contributed by atoms with Gasteiger partial charge in [0.2, 0.25) is 5.91 Å². The van der Waals surface area contributed by atoms with Crippen LogP contribution in [0.1, 0.15) is 12.7 Å². The quantitative estimate of drug-likeness (QED) is 0.795. The highest BCUT2D eigenvalue weighted by Gasteiger charge is 2.15. The Labute approximate surface area is 122 Å². The van der Waals surface area contributed by atoms with Crippen LogP contribution in [0.5, 0.6) is 0 Å². The Kier molecular flexibility index (Phi) is 4.60. The molecule has 0 radical (unpaired) electrons. The van der Waals surface area contributed by atoms with E-state index in [1.807, 2.05) is 6.92 Å². The second-order valence-corrected chi connectivity index (χ2v) is 4.97. The maximum Gasteiger partial charge on any atom is 0.242 e. The van der Waals surface area contributed by atoms with Gasteiger partial charge in [0.1, 0.15) is 18.2 Å². The molecule has 2 aromatic rings. The van der Waals surface area contributed by atoms with Crippen LogP contribution < -0.4 is 0 Å². The number of carbonyl (C=O) groups is 1. The number of fused-ring (bicyclic) bond motifs is 1. The standard InChI is InChI=1S/C14H17ClFN3O/c1-3-18(2)14(20)9-19-12-8-10(16)4-5-11(12)17-13(19)6-7-15/h4-5,8H,3,6-7,9H2,1-2H3. The molecule has 0 bridgehead atoms. The zero-order valence-electron chi connectivity index (χ0n) is 11.6. The van der Waals surface area contributed by atoms with Gasteiger partial charge in [0.15, 0.2) is 0 Å². The van der Waals surface area contributed by atoms with Crippen molar-refractivity contribution in [3.63, 3.8) is 0 Å². The summed E-state index contributed by atoms with van der Waals surface area (Å²) in [5.41, 5.74) is 1.31. The zero-order valence-corrected chi connectivity index (χ0v) is 12.3. The molecule has 0 atom stereocenters. The van der Waals surface area contributed by atoms with Crippen LogP contribution in [0.3, 0.4) is 0 Å². The summed E-state index contributed by atoms with van der Waals surface area (Å²) in [5.74, 6) is 0.738. The molecule has 0 spiro atoms. The fraction of sp³-hybridized carbons (Fsp3) is 0.429. The lowest BCUT2D eigenvalue weighted by molar-refractivity contribution is -0.130. The predicted octanol–water partition coefficient (Wildman–Crippen LogP) is 2.44. The highest BCUT2D eigenvalue weighted by molar-refractivity contribution is 6.17. The molecule has 0 aliphatic rings. The summed E-state index contributed by atoms with van der Waals surface area (Å²) < 4.78 is 15.2. The average Bonchev–Trinajstić information content (AvgIpc) is 2.76. The van der Waals surface area contributed by atoms with Crippen molar-refractivity contribution in [3.8, 4) is 0 Å². The molecule has 1 heterocycles. The Hall–Kier alpha value is -1.62. The summed E-state index contributed by atoms with van der Waals surface area (Å²) in [6.07, 6.45) is 0.543. The Morgan fingerprint density at radius 1 is 1.50 bits per heavy atom. The number of halogens is 2. The summed E-state index contributed by atoms with van der Waals surface area (Å²) in [7, 11) is 1.74. The lowest BCUT2D eigenvalue weighted by atomic mass is 10.3. The van der Waals surface area contributed by atoms with E-state index in [4.69, 9.17) is 11.6 Å². The van der Waals surface area contributed by atoms with Gasteiger partial charge in [0, 0.05) is 25.9 Å². The van der Waals surface area contributed by atoms with E-state index in [0.29, 0.717) is 35.7 Å². The van der Waals surface area contributed by atoms with Crippen LogP contribution in [-0.4, -0.2) is 39.8 Å². The zero-order chi connectivity index (χ0) is 14.7. The summed E-state index contributed by atoms with van der Waals surface area (Å²) in [4.78, 5) is 18.1. The van der Waals surface area contributed by atoms with Crippen LogP contribution in [-0.2, 0) is 17.8 Å². The smallest absolute Gasteiger partial charge is 0.242 e. The van der Waals surface area contributed by atoms with Crippen LogP contribution in [0.25, 0.3) is 11.0 Å². The number of imidazole rings is 1. The minimum absolute atomic E-state index is 0.0353. The van der Waals surface area contributed by atoms with Gasteiger partial charge in [-0.15, -0.1) is 11.6 Å². The summed E-state index contributed by atoms with van der Waals surface area (Å²) >= 11 is 5.77. The van der Waals surface area contributed by atoms with Crippen molar-refractivity contribution in [2.24, 2.45) is 0 Å². The molecule has 2 rings (SSSR count). The van der Waals surface area contributed by atoms with Crippen LogP contribution in [0.2, 0.25) is 0 Å². The molecule has 0 saturated carbocycles. The van der Waals surface area contributed by atoms with Crippen LogP contribution >= 0.6 is 11.6 Å². The topological polar surface area (TPSA) is 38.1 Å². The van der Waals surface area contributed by atoms with Gasteiger partial charge in [-0.1, -0.05) is 0 Å². The van der Waals surface area contributed by atoms with E-state index in [1.165, 1.54) is 12.1 Å². The molecule has 0 aliphatic carbocycles. The first-order valence-electron chi connectivity index (χ1n) is 6.51. The fourth-order valence-electron chi connectivity index (χ4n) is 2.03. The third-order valence-corrected chi connectivity index (χ3v) is 3.49. The molecule has 20 heavy (non-hydrogen) atoms. The van der Waals surface area contributed by atoms with Crippen molar-refractivity contribution in [2.45, 2.75) is 19.9 Å². The molecule has 0 N–H and O–H groups in total. The van der Waals surface area contributed by atoms with E-state index < -0.39 is 0 Å². The lowest BCUT2D eigenvalue weighted by Crippen LogP contribution is -2.30. The second-order valence-electron chi connectivity index (χ2n) is 4.59. The van der Waals surface area contributed by atoms with Gasteiger partial charge in [-0.3, -0.25) is 4.79 Å². The maximum atomic E-state index is 13.4. The third-order valence-electron chi connectivity index (χ3n) is 3.30. The molecular formula is C14H17ClFN3O. The van der Waals surface area contributed by atoms with Gasteiger partial charge in [0.25, 0.3) is 0 Å². The highest BCUT2D eigenvalue weighted by atomic mass is 35.5. The average molecular weight is 298 g/mol. The molecule has 1 amide bonds. The van der Waals surface area contributed by atoms with Crippen LogP contribution in [0.4, 0.5) is 4.39 Å². The molecule has 1 aromatic heterocycles. The van der Waals surface area contributed by atoms with Crippen molar-refractivity contribution in [1.29, 1.82) is 0 Å². The first kappa shape index (κ1) is 14.8. The number of alkyl halides is 1. The van der Waals surface area contributed by atoms with Crippen molar-refractivity contribution in [2.75, 3.05) is 19.5 Å². The number of nitrogens with zero attached hydrogens (tertiary/aromatic N) is 3. The number of rotatable bonds is 5. The lowest BCUT2D eigenvalue weighted by Gasteiger charge is -2.16. The monoisotopic (exact) mass is 297 g/mol. The van der Waals surface area contributed by atoms with E-state index in [0.717, 1.165) is 0 Å². The Morgan fingerprint density at radius 3 is 2.90 bits per heavy atom. The number of benzene rings is 1. The number of aromatic nitrogens is 2. The largest absolute Gasteiger partial charge is 0.344 e. The molecular weight excluding hydrogens is 281 g/mol.